The molecule has 9 heteroatoms. The van der Waals surface area contributed by atoms with Crippen LogP contribution in [-0.4, -0.2) is 18.6 Å². The predicted octanol–water partition coefficient (Wildman–Crippen LogP) is 3.71. The second-order valence-corrected chi connectivity index (χ2v) is 8.04. The maximum absolute atomic E-state index is 6.28. The Hall–Kier alpha value is -1.23. The Morgan fingerprint density at radius 1 is 1.12 bits per heavy atom. The lowest BCUT2D eigenvalue weighted by Gasteiger charge is -2.13. The zero-order chi connectivity index (χ0) is 18.1. The zero-order valence-electron chi connectivity index (χ0n) is 13.5. The maximum atomic E-state index is 6.28. The minimum Gasteiger partial charge on any atom is -0.332 e. The van der Waals surface area contributed by atoms with Crippen LogP contribution in [0.15, 0.2) is 49.1 Å². The molecule has 1 aromatic carbocycles. The fourth-order valence-electron chi connectivity index (χ4n) is 2.82. The van der Waals surface area contributed by atoms with Crippen LogP contribution in [0.1, 0.15) is 17.2 Å². The molecule has 2 unspecified atom stereocenters. The molecule has 1 fully saturated rings. The van der Waals surface area contributed by atoms with E-state index in [1.165, 1.54) is 0 Å². The van der Waals surface area contributed by atoms with Gasteiger partial charge in [-0.05, 0) is 29.3 Å². The summed E-state index contributed by atoms with van der Waals surface area (Å²) in [6, 6.07) is 9.84. The second-order valence-electron chi connectivity index (χ2n) is 5.91. The van der Waals surface area contributed by atoms with Gasteiger partial charge in [-0.3, -0.25) is 4.98 Å². The summed E-state index contributed by atoms with van der Waals surface area (Å²) in [7, 11) is 0. The van der Waals surface area contributed by atoms with Crippen LogP contribution in [0.3, 0.4) is 0 Å². The van der Waals surface area contributed by atoms with Crippen molar-refractivity contribution >= 4 is 45.8 Å². The van der Waals surface area contributed by atoms with Gasteiger partial charge in [0.2, 0.25) is 0 Å². The highest BCUT2D eigenvalue weighted by Crippen LogP contribution is 2.28. The highest BCUT2D eigenvalue weighted by atomic mass is 127. The van der Waals surface area contributed by atoms with E-state index in [1.54, 1.807) is 18.6 Å². The molecule has 2 aromatic heterocycles. The van der Waals surface area contributed by atoms with E-state index in [-0.39, 0.29) is 10.1 Å². The lowest BCUT2D eigenvalue weighted by Crippen LogP contribution is -2.31. The first kappa shape index (κ1) is 18.1. The van der Waals surface area contributed by atoms with Crippen LogP contribution in [-0.2, 0) is 6.54 Å². The van der Waals surface area contributed by atoms with E-state index in [0.29, 0.717) is 16.6 Å². The highest BCUT2D eigenvalue weighted by Gasteiger charge is 2.25. The van der Waals surface area contributed by atoms with Crippen molar-refractivity contribution in [2.24, 2.45) is 0 Å². The molecule has 0 amide bonds. The monoisotopic (exact) mass is 500 g/mol. The number of hydrogen-bond donors (Lipinski definition) is 3. The number of benzene rings is 1. The van der Waals surface area contributed by atoms with Crippen molar-refractivity contribution in [3.63, 3.8) is 0 Å². The summed E-state index contributed by atoms with van der Waals surface area (Å²) in [5, 5.41) is 1.13. The summed E-state index contributed by atoms with van der Waals surface area (Å²) in [6.07, 6.45) is 5.54. The van der Waals surface area contributed by atoms with Gasteiger partial charge >= 0.3 is 0 Å². The van der Waals surface area contributed by atoms with Gasteiger partial charge in [-0.1, -0.05) is 57.9 Å². The number of hydrazine groups is 2. The molecule has 0 bridgehead atoms. The van der Waals surface area contributed by atoms with Gasteiger partial charge in [-0.25, -0.2) is 15.8 Å². The topological polar surface area (TPSA) is 66.8 Å². The van der Waals surface area contributed by atoms with E-state index in [0.717, 1.165) is 22.5 Å². The summed E-state index contributed by atoms with van der Waals surface area (Å²) in [5.74, 6) is 0. The van der Waals surface area contributed by atoms with Crippen molar-refractivity contribution < 1.29 is 0 Å². The summed E-state index contributed by atoms with van der Waals surface area (Å²) < 4.78 is 2.21. The van der Waals surface area contributed by atoms with Crippen LogP contribution in [0.25, 0.3) is 11.4 Å². The highest BCUT2D eigenvalue weighted by molar-refractivity contribution is 14.1. The number of alkyl halides is 1. The van der Waals surface area contributed by atoms with Crippen LogP contribution < -0.4 is 16.4 Å². The summed E-state index contributed by atoms with van der Waals surface area (Å²) in [6.45, 7) is 0.597. The first-order valence-corrected chi connectivity index (χ1v) is 9.93. The number of hydrogen-bond acceptors (Lipinski definition) is 5. The SMILES string of the molecule is Clc1cccc(Cn2cnc(-c3cc(C4NNNC4I)ccn3)c2)c1Cl. The number of rotatable bonds is 4. The molecule has 1 aliphatic rings. The third-order valence-corrected chi connectivity index (χ3v) is 6.04. The molecule has 0 spiro atoms. The predicted molar refractivity (Wildman–Crippen MR) is 111 cm³/mol. The maximum Gasteiger partial charge on any atom is 0.107 e. The van der Waals surface area contributed by atoms with Gasteiger partial charge in [0, 0.05) is 12.4 Å². The first-order valence-electron chi connectivity index (χ1n) is 7.93. The van der Waals surface area contributed by atoms with Crippen LogP contribution >= 0.6 is 45.8 Å². The fourth-order valence-corrected chi connectivity index (χ4v) is 3.95. The molecule has 3 heterocycles. The largest absolute Gasteiger partial charge is 0.332 e. The molecule has 0 radical (unpaired) electrons. The van der Waals surface area contributed by atoms with E-state index in [9.17, 15) is 0 Å². The van der Waals surface area contributed by atoms with Crippen LogP contribution in [0.5, 0.6) is 0 Å². The van der Waals surface area contributed by atoms with Gasteiger partial charge in [0.05, 0.1) is 38.7 Å². The molecule has 6 nitrogen and oxygen atoms in total. The standard InChI is InChI=1S/C17H15Cl2IN6/c18-12-3-1-2-11(15(12)19)7-26-8-14(22-9-26)13-6-10(4-5-21-13)16-17(20)24-25-23-16/h1-6,8-9,16-17,23-25H,7H2. The molecule has 3 N–H and O–H groups in total. The number of nitrogens with zero attached hydrogens (tertiary/aromatic N) is 3. The van der Waals surface area contributed by atoms with Crippen molar-refractivity contribution in [1.82, 2.24) is 30.9 Å². The smallest absolute Gasteiger partial charge is 0.107 e. The van der Waals surface area contributed by atoms with Crippen LogP contribution in [0.2, 0.25) is 10.0 Å². The summed E-state index contributed by atoms with van der Waals surface area (Å²) in [4.78, 5) is 8.96. The molecule has 0 saturated carbocycles. The molecular weight excluding hydrogens is 486 g/mol. The Labute approximate surface area is 174 Å². The van der Waals surface area contributed by atoms with Gasteiger partial charge < -0.3 is 4.57 Å². The van der Waals surface area contributed by atoms with Crippen molar-refractivity contribution in [2.75, 3.05) is 0 Å². The van der Waals surface area contributed by atoms with Crippen LogP contribution in [0.4, 0.5) is 0 Å². The van der Waals surface area contributed by atoms with E-state index < -0.39 is 0 Å². The molecule has 1 aliphatic heterocycles. The van der Waals surface area contributed by atoms with Gasteiger partial charge in [-0.15, -0.1) is 0 Å². The third-order valence-electron chi connectivity index (χ3n) is 4.15. The molecule has 134 valence electrons. The van der Waals surface area contributed by atoms with Gasteiger partial charge in [0.15, 0.2) is 0 Å². The molecule has 4 rings (SSSR count). The Balaban J connectivity index is 1.57. The van der Waals surface area contributed by atoms with E-state index in [4.69, 9.17) is 23.2 Å². The number of aromatic nitrogens is 3. The van der Waals surface area contributed by atoms with E-state index >= 15 is 0 Å². The summed E-state index contributed by atoms with van der Waals surface area (Å²) in [5.41, 5.74) is 13.0. The van der Waals surface area contributed by atoms with Crippen molar-refractivity contribution in [3.8, 4) is 11.4 Å². The molecule has 26 heavy (non-hydrogen) atoms. The Bertz CT molecular complexity index is 931. The van der Waals surface area contributed by atoms with Gasteiger partial charge in [0.1, 0.15) is 5.69 Å². The Morgan fingerprint density at radius 2 is 2.00 bits per heavy atom. The fraction of sp³-hybridized carbons (Fsp3) is 0.176. The van der Waals surface area contributed by atoms with Gasteiger partial charge in [0.25, 0.3) is 0 Å². The number of halogens is 3. The summed E-state index contributed by atoms with van der Waals surface area (Å²) >= 11 is 14.7. The lowest BCUT2D eigenvalue weighted by atomic mass is 10.1. The van der Waals surface area contributed by atoms with Crippen molar-refractivity contribution in [3.05, 3.63) is 70.2 Å². The van der Waals surface area contributed by atoms with E-state index in [2.05, 4.69) is 55.0 Å². The quantitative estimate of drug-likeness (QED) is 0.289. The second kappa shape index (κ2) is 7.79. The Morgan fingerprint density at radius 3 is 2.81 bits per heavy atom. The van der Waals surface area contributed by atoms with Crippen LogP contribution in [0, 0.1) is 0 Å². The average molecular weight is 501 g/mol. The number of nitrogens with one attached hydrogen (secondary N) is 3. The van der Waals surface area contributed by atoms with Crippen molar-refractivity contribution in [1.29, 1.82) is 0 Å². The molecule has 1 saturated heterocycles. The minimum absolute atomic E-state index is 0.157. The van der Waals surface area contributed by atoms with E-state index in [1.807, 2.05) is 29.0 Å². The first-order chi connectivity index (χ1) is 12.6. The normalized spacial score (nSPS) is 19.8. The van der Waals surface area contributed by atoms with Gasteiger partial charge in [-0.2, -0.15) is 5.53 Å². The van der Waals surface area contributed by atoms with Crippen molar-refractivity contribution in [2.45, 2.75) is 16.6 Å². The number of imidazole rings is 1. The molecule has 2 atom stereocenters. The third kappa shape index (κ3) is 3.73. The average Bonchev–Trinajstić information content (AvgIpc) is 3.28. The number of pyridine rings is 1. The lowest BCUT2D eigenvalue weighted by molar-refractivity contribution is 0.555. The Kier molecular flexibility index (Phi) is 5.44. The molecule has 3 aromatic rings. The minimum atomic E-state index is 0.157. The molecular formula is C17H15Cl2IN6. The molecule has 0 aliphatic carbocycles. The zero-order valence-corrected chi connectivity index (χ0v) is 17.1.